The van der Waals surface area contributed by atoms with Crippen molar-refractivity contribution in [2.45, 2.75) is 12.8 Å². The van der Waals surface area contributed by atoms with Crippen LogP contribution in [0.1, 0.15) is 12.0 Å². The first kappa shape index (κ1) is 18.3. The number of methoxy groups -OCH3 is 2. The average molecular weight is 342 g/mol. The standard InChI is InChI=1S/C19H22N2O4/c1-24-15-9-10-16(17(12-15)25-2)21-19(23)13-20-18(22)11-8-14-6-4-3-5-7-14/h3-7,9-10,12H,8,11,13H2,1-2H3,(H,20,22)(H,21,23). The Morgan fingerprint density at radius 3 is 2.40 bits per heavy atom. The first-order chi connectivity index (χ1) is 12.1. The lowest BCUT2D eigenvalue weighted by molar-refractivity contribution is -0.124. The van der Waals surface area contributed by atoms with Crippen molar-refractivity contribution in [3.63, 3.8) is 0 Å². The molecule has 0 bridgehead atoms. The zero-order valence-corrected chi connectivity index (χ0v) is 14.4. The maximum atomic E-state index is 12.0. The first-order valence-corrected chi connectivity index (χ1v) is 7.95. The van der Waals surface area contributed by atoms with Crippen LogP contribution >= 0.6 is 0 Å². The molecule has 2 amide bonds. The zero-order chi connectivity index (χ0) is 18.1. The molecule has 6 nitrogen and oxygen atoms in total. The SMILES string of the molecule is COc1ccc(NC(=O)CNC(=O)CCc2ccccc2)c(OC)c1. The molecule has 6 heteroatoms. The summed E-state index contributed by atoms with van der Waals surface area (Å²) in [5.41, 5.74) is 1.61. The highest BCUT2D eigenvalue weighted by Crippen LogP contribution is 2.28. The Hall–Kier alpha value is -3.02. The molecule has 0 aliphatic heterocycles. The zero-order valence-electron chi connectivity index (χ0n) is 14.4. The second-order valence-electron chi connectivity index (χ2n) is 5.38. The van der Waals surface area contributed by atoms with Crippen molar-refractivity contribution in [1.29, 1.82) is 0 Å². The number of nitrogens with one attached hydrogen (secondary N) is 2. The molecule has 2 aromatic rings. The summed E-state index contributed by atoms with van der Waals surface area (Å²) >= 11 is 0. The summed E-state index contributed by atoms with van der Waals surface area (Å²) < 4.78 is 10.3. The monoisotopic (exact) mass is 342 g/mol. The van der Waals surface area contributed by atoms with Crippen LogP contribution in [-0.4, -0.2) is 32.6 Å². The predicted octanol–water partition coefficient (Wildman–Crippen LogP) is 2.39. The van der Waals surface area contributed by atoms with Crippen molar-refractivity contribution in [3.8, 4) is 11.5 Å². The third-order valence-electron chi connectivity index (χ3n) is 3.61. The third kappa shape index (κ3) is 5.84. The van der Waals surface area contributed by atoms with Gasteiger partial charge in [-0.25, -0.2) is 0 Å². The Bertz CT molecular complexity index is 717. The summed E-state index contributed by atoms with van der Waals surface area (Å²) in [5.74, 6) is 0.629. The van der Waals surface area contributed by atoms with Crippen LogP contribution in [0.4, 0.5) is 5.69 Å². The molecule has 2 rings (SSSR count). The molecule has 0 aliphatic rings. The maximum Gasteiger partial charge on any atom is 0.243 e. The van der Waals surface area contributed by atoms with E-state index in [-0.39, 0.29) is 18.4 Å². The molecule has 0 aromatic heterocycles. The number of rotatable bonds is 8. The van der Waals surface area contributed by atoms with Gasteiger partial charge in [0, 0.05) is 12.5 Å². The number of hydrogen-bond donors (Lipinski definition) is 2. The van der Waals surface area contributed by atoms with Crippen LogP contribution < -0.4 is 20.1 Å². The second-order valence-corrected chi connectivity index (χ2v) is 5.38. The van der Waals surface area contributed by atoms with Gasteiger partial charge < -0.3 is 20.1 Å². The topological polar surface area (TPSA) is 76.7 Å². The summed E-state index contributed by atoms with van der Waals surface area (Å²) in [7, 11) is 3.06. The molecule has 0 aliphatic carbocycles. The molecule has 0 spiro atoms. The van der Waals surface area contributed by atoms with Gasteiger partial charge in [-0.05, 0) is 24.1 Å². The van der Waals surface area contributed by atoms with Gasteiger partial charge in [-0.3, -0.25) is 9.59 Å². The van der Waals surface area contributed by atoms with E-state index >= 15 is 0 Å². The molecular formula is C19H22N2O4. The smallest absolute Gasteiger partial charge is 0.243 e. The molecule has 2 N–H and O–H groups in total. The molecule has 132 valence electrons. The quantitative estimate of drug-likeness (QED) is 0.772. The van der Waals surface area contributed by atoms with E-state index in [1.807, 2.05) is 30.3 Å². The average Bonchev–Trinajstić information content (AvgIpc) is 2.65. The summed E-state index contributed by atoms with van der Waals surface area (Å²) in [6.07, 6.45) is 0.976. The van der Waals surface area contributed by atoms with Crippen molar-refractivity contribution < 1.29 is 19.1 Å². The fourth-order valence-corrected chi connectivity index (χ4v) is 2.27. The molecule has 25 heavy (non-hydrogen) atoms. The third-order valence-corrected chi connectivity index (χ3v) is 3.61. The number of ether oxygens (including phenoxy) is 2. The fraction of sp³-hybridized carbons (Fsp3) is 0.263. The van der Waals surface area contributed by atoms with Crippen LogP contribution in [-0.2, 0) is 16.0 Å². The molecule has 0 unspecified atom stereocenters. The van der Waals surface area contributed by atoms with Crippen molar-refractivity contribution in [1.82, 2.24) is 5.32 Å². The van der Waals surface area contributed by atoms with Gasteiger partial charge in [0.2, 0.25) is 11.8 Å². The van der Waals surface area contributed by atoms with Crippen LogP contribution in [0.3, 0.4) is 0 Å². The summed E-state index contributed by atoms with van der Waals surface area (Å²) in [4.78, 5) is 23.8. The Kier molecular flexibility index (Phi) is 6.83. The number of carbonyl (C=O) groups excluding carboxylic acids is 2. The lowest BCUT2D eigenvalue weighted by Crippen LogP contribution is -2.33. The number of aryl methyl sites for hydroxylation is 1. The fourth-order valence-electron chi connectivity index (χ4n) is 2.27. The molecule has 0 fully saturated rings. The van der Waals surface area contributed by atoms with Crippen molar-refractivity contribution in [2.75, 3.05) is 26.1 Å². The van der Waals surface area contributed by atoms with E-state index in [4.69, 9.17) is 9.47 Å². The van der Waals surface area contributed by atoms with E-state index in [0.717, 1.165) is 5.56 Å². The van der Waals surface area contributed by atoms with E-state index in [1.165, 1.54) is 7.11 Å². The first-order valence-electron chi connectivity index (χ1n) is 7.95. The van der Waals surface area contributed by atoms with Crippen LogP contribution in [0.25, 0.3) is 0 Å². The minimum Gasteiger partial charge on any atom is -0.497 e. The van der Waals surface area contributed by atoms with E-state index in [2.05, 4.69) is 10.6 Å². The number of hydrogen-bond acceptors (Lipinski definition) is 4. The van der Waals surface area contributed by atoms with Crippen LogP contribution in [0.5, 0.6) is 11.5 Å². The van der Waals surface area contributed by atoms with Crippen molar-refractivity contribution in [3.05, 3.63) is 54.1 Å². The maximum absolute atomic E-state index is 12.0. The predicted molar refractivity (Wildman–Crippen MR) is 95.9 cm³/mol. The minimum atomic E-state index is -0.323. The number of carbonyl (C=O) groups is 2. The number of amides is 2. The summed E-state index contributed by atoms with van der Waals surface area (Å²) in [6, 6.07) is 14.8. The minimum absolute atomic E-state index is 0.0944. The lowest BCUT2D eigenvalue weighted by Gasteiger charge is -2.12. The van der Waals surface area contributed by atoms with Gasteiger partial charge in [0.25, 0.3) is 0 Å². The number of benzene rings is 2. The molecule has 0 atom stereocenters. The number of anilines is 1. The van der Waals surface area contributed by atoms with Crippen molar-refractivity contribution in [2.24, 2.45) is 0 Å². The van der Waals surface area contributed by atoms with Crippen LogP contribution in [0.15, 0.2) is 48.5 Å². The molecule has 2 aromatic carbocycles. The lowest BCUT2D eigenvalue weighted by atomic mass is 10.1. The molecule has 0 saturated heterocycles. The van der Waals surface area contributed by atoms with E-state index in [9.17, 15) is 9.59 Å². The highest BCUT2D eigenvalue weighted by atomic mass is 16.5. The normalized spacial score (nSPS) is 10.0. The van der Waals surface area contributed by atoms with Gasteiger partial charge in [0.15, 0.2) is 0 Å². The largest absolute Gasteiger partial charge is 0.497 e. The Morgan fingerprint density at radius 2 is 1.72 bits per heavy atom. The van der Waals surface area contributed by atoms with Gasteiger partial charge in [0.1, 0.15) is 11.5 Å². The Morgan fingerprint density at radius 1 is 0.960 bits per heavy atom. The van der Waals surface area contributed by atoms with E-state index in [1.54, 1.807) is 25.3 Å². The molecule has 0 heterocycles. The summed E-state index contributed by atoms with van der Waals surface area (Å²) in [5, 5.41) is 5.32. The highest BCUT2D eigenvalue weighted by Gasteiger charge is 2.10. The molecule has 0 radical (unpaired) electrons. The van der Waals surface area contributed by atoms with Gasteiger partial charge in [-0.2, -0.15) is 0 Å². The second kappa shape index (κ2) is 9.32. The Balaban J connectivity index is 1.79. The van der Waals surface area contributed by atoms with E-state index in [0.29, 0.717) is 30.0 Å². The van der Waals surface area contributed by atoms with Gasteiger partial charge >= 0.3 is 0 Å². The van der Waals surface area contributed by atoms with E-state index < -0.39 is 0 Å². The van der Waals surface area contributed by atoms with Gasteiger partial charge in [-0.15, -0.1) is 0 Å². The molecular weight excluding hydrogens is 320 g/mol. The van der Waals surface area contributed by atoms with Crippen LogP contribution in [0, 0.1) is 0 Å². The van der Waals surface area contributed by atoms with Crippen LogP contribution in [0.2, 0.25) is 0 Å². The highest BCUT2D eigenvalue weighted by molar-refractivity contribution is 5.95. The van der Waals surface area contributed by atoms with Crippen molar-refractivity contribution >= 4 is 17.5 Å². The van der Waals surface area contributed by atoms with Gasteiger partial charge in [0.05, 0.1) is 26.5 Å². The molecule has 0 saturated carbocycles. The van der Waals surface area contributed by atoms with Gasteiger partial charge in [-0.1, -0.05) is 30.3 Å². The summed E-state index contributed by atoms with van der Waals surface area (Å²) in [6.45, 7) is -0.0944. The Labute approximate surface area is 147 Å².